The molecule has 4 aromatic rings. The van der Waals surface area contributed by atoms with Gasteiger partial charge in [-0.25, -0.2) is 15.0 Å². The molecule has 10 heteroatoms. The lowest BCUT2D eigenvalue weighted by atomic mass is 10.1. The Hall–Kier alpha value is -3.72. The molecule has 0 radical (unpaired) electrons. The second-order valence-electron chi connectivity index (χ2n) is 6.50. The Bertz CT molecular complexity index is 1190. The molecular weight excluding hydrogens is 404 g/mol. The Morgan fingerprint density at radius 1 is 1.07 bits per heavy atom. The maximum atomic E-state index is 12.5. The molecule has 9 nitrogen and oxygen atoms in total. The van der Waals surface area contributed by atoms with Crippen LogP contribution in [0.1, 0.15) is 11.4 Å². The van der Waals surface area contributed by atoms with E-state index in [9.17, 15) is 4.79 Å². The van der Waals surface area contributed by atoms with Gasteiger partial charge in [-0.05, 0) is 26.0 Å². The Kier molecular flexibility index (Phi) is 5.44. The molecule has 1 N–H and O–H groups in total. The van der Waals surface area contributed by atoms with Crippen LogP contribution in [0.15, 0.2) is 49.3 Å². The summed E-state index contributed by atoms with van der Waals surface area (Å²) in [6, 6.07) is 5.22. The summed E-state index contributed by atoms with van der Waals surface area (Å²) in [5, 5.41) is 7.60. The van der Waals surface area contributed by atoms with Crippen LogP contribution in [0.3, 0.4) is 0 Å². The van der Waals surface area contributed by atoms with Crippen LogP contribution in [0.5, 0.6) is 0 Å². The summed E-state index contributed by atoms with van der Waals surface area (Å²) in [6.07, 6.45) is 7.91. The molecule has 0 saturated carbocycles. The molecule has 4 heterocycles. The fourth-order valence-electron chi connectivity index (χ4n) is 3.08. The zero-order valence-corrected chi connectivity index (χ0v) is 17.0. The number of pyridine rings is 1. The molecule has 0 spiro atoms. The second kappa shape index (κ2) is 8.34. The highest BCUT2D eigenvalue weighted by Gasteiger charge is 2.17. The third-order valence-corrected chi connectivity index (χ3v) is 4.66. The number of rotatable bonds is 5. The van der Waals surface area contributed by atoms with E-state index in [4.69, 9.17) is 11.6 Å². The first-order valence-corrected chi connectivity index (χ1v) is 9.43. The van der Waals surface area contributed by atoms with E-state index in [1.54, 1.807) is 41.6 Å². The van der Waals surface area contributed by atoms with Crippen LogP contribution in [0, 0.1) is 13.8 Å². The lowest BCUT2D eigenvalue weighted by molar-refractivity contribution is -0.117. The van der Waals surface area contributed by atoms with E-state index >= 15 is 0 Å². The van der Waals surface area contributed by atoms with Crippen LogP contribution in [0.2, 0.25) is 5.15 Å². The highest BCUT2D eigenvalue weighted by atomic mass is 35.5. The van der Waals surface area contributed by atoms with Crippen molar-refractivity contribution < 1.29 is 4.79 Å². The smallest absolute Gasteiger partial charge is 0.247 e. The largest absolute Gasteiger partial charge is 0.309 e. The Labute approximate surface area is 177 Å². The molecule has 0 aliphatic rings. The Morgan fingerprint density at radius 3 is 2.63 bits per heavy atom. The van der Waals surface area contributed by atoms with E-state index in [2.05, 4.69) is 35.3 Å². The van der Waals surface area contributed by atoms with Crippen LogP contribution in [0.4, 0.5) is 5.82 Å². The Morgan fingerprint density at radius 2 is 1.93 bits per heavy atom. The summed E-state index contributed by atoms with van der Waals surface area (Å²) in [4.78, 5) is 33.2. The number of nitrogens with one attached hydrogen (secondary N) is 1. The van der Waals surface area contributed by atoms with Gasteiger partial charge in [-0.15, -0.1) is 0 Å². The van der Waals surface area contributed by atoms with E-state index in [0.717, 1.165) is 22.5 Å². The molecule has 0 aliphatic heterocycles. The first-order valence-electron chi connectivity index (χ1n) is 9.05. The third kappa shape index (κ3) is 4.15. The highest BCUT2D eigenvalue weighted by molar-refractivity contribution is 6.29. The van der Waals surface area contributed by atoms with Crippen molar-refractivity contribution in [2.45, 2.75) is 20.4 Å². The maximum absolute atomic E-state index is 12.5. The minimum atomic E-state index is -0.243. The number of aromatic nitrogens is 7. The van der Waals surface area contributed by atoms with Crippen molar-refractivity contribution in [3.8, 4) is 22.5 Å². The lowest BCUT2D eigenvalue weighted by Gasteiger charge is -2.07. The van der Waals surface area contributed by atoms with Gasteiger partial charge in [0, 0.05) is 41.5 Å². The number of carbonyl (C=O) groups excluding carboxylic acids is 1. The summed E-state index contributed by atoms with van der Waals surface area (Å²) in [6.45, 7) is 3.78. The molecule has 0 aromatic carbocycles. The number of hydrogen-bond donors (Lipinski definition) is 1. The van der Waals surface area contributed by atoms with Gasteiger partial charge >= 0.3 is 0 Å². The average molecular weight is 421 g/mol. The molecule has 0 atom stereocenters. The van der Waals surface area contributed by atoms with Crippen LogP contribution < -0.4 is 5.32 Å². The summed E-state index contributed by atoms with van der Waals surface area (Å²) < 4.78 is 1.63. The van der Waals surface area contributed by atoms with E-state index < -0.39 is 0 Å². The van der Waals surface area contributed by atoms with Crippen LogP contribution in [-0.2, 0) is 11.3 Å². The molecule has 4 aromatic heterocycles. The monoisotopic (exact) mass is 420 g/mol. The van der Waals surface area contributed by atoms with Crippen LogP contribution in [-0.4, -0.2) is 40.6 Å². The minimum Gasteiger partial charge on any atom is -0.309 e. The average Bonchev–Trinajstić information content (AvgIpc) is 3.02. The van der Waals surface area contributed by atoms with E-state index in [1.165, 1.54) is 6.33 Å². The van der Waals surface area contributed by atoms with Gasteiger partial charge in [-0.1, -0.05) is 11.6 Å². The van der Waals surface area contributed by atoms with Gasteiger partial charge < -0.3 is 5.32 Å². The zero-order valence-electron chi connectivity index (χ0n) is 16.2. The number of halogens is 1. The minimum absolute atomic E-state index is 0.0408. The number of amides is 1. The zero-order chi connectivity index (χ0) is 21.1. The summed E-state index contributed by atoms with van der Waals surface area (Å²) in [5.74, 6) is 0.199. The molecule has 30 heavy (non-hydrogen) atoms. The molecule has 0 bridgehead atoms. The lowest BCUT2D eigenvalue weighted by Crippen LogP contribution is -2.20. The quantitative estimate of drug-likeness (QED) is 0.493. The van der Waals surface area contributed by atoms with Gasteiger partial charge in [-0.2, -0.15) is 5.10 Å². The highest BCUT2D eigenvalue weighted by Crippen LogP contribution is 2.26. The second-order valence-corrected chi connectivity index (χ2v) is 6.89. The summed E-state index contributed by atoms with van der Waals surface area (Å²) in [5.41, 5.74) is 4.58. The maximum Gasteiger partial charge on any atom is 0.247 e. The predicted octanol–water partition coefficient (Wildman–Crippen LogP) is 3.10. The van der Waals surface area contributed by atoms with Gasteiger partial charge in [0.2, 0.25) is 5.91 Å². The fraction of sp³-hybridized carbons (Fsp3) is 0.150. The van der Waals surface area contributed by atoms with Gasteiger partial charge in [0.25, 0.3) is 0 Å². The topological polar surface area (TPSA) is 111 Å². The van der Waals surface area contributed by atoms with E-state index in [-0.39, 0.29) is 12.5 Å². The number of anilines is 1. The summed E-state index contributed by atoms with van der Waals surface area (Å²) in [7, 11) is 0. The first kappa shape index (κ1) is 19.6. The van der Waals surface area contributed by atoms with Crippen LogP contribution >= 0.6 is 11.6 Å². The van der Waals surface area contributed by atoms with E-state index in [0.29, 0.717) is 22.4 Å². The van der Waals surface area contributed by atoms with Gasteiger partial charge in [0.1, 0.15) is 23.8 Å². The number of nitrogens with zero attached hydrogens (tertiary/aromatic N) is 7. The fourth-order valence-corrected chi connectivity index (χ4v) is 3.22. The molecular formula is C20H17ClN8O. The van der Waals surface area contributed by atoms with Gasteiger partial charge in [0.15, 0.2) is 0 Å². The van der Waals surface area contributed by atoms with E-state index in [1.807, 2.05) is 19.9 Å². The number of aryl methyl sites for hydroxylation is 1. The van der Waals surface area contributed by atoms with Gasteiger partial charge in [-0.3, -0.25) is 19.4 Å². The van der Waals surface area contributed by atoms with Crippen molar-refractivity contribution >= 4 is 23.3 Å². The van der Waals surface area contributed by atoms with Crippen molar-refractivity contribution in [1.29, 1.82) is 0 Å². The molecule has 0 fully saturated rings. The summed E-state index contributed by atoms with van der Waals surface area (Å²) >= 11 is 5.97. The first-order chi connectivity index (χ1) is 14.5. The molecule has 0 aliphatic carbocycles. The molecule has 0 saturated heterocycles. The van der Waals surface area contributed by atoms with Crippen LogP contribution in [0.25, 0.3) is 22.5 Å². The van der Waals surface area contributed by atoms with Crippen molar-refractivity contribution in [3.05, 3.63) is 65.9 Å². The van der Waals surface area contributed by atoms with Crippen molar-refractivity contribution in [2.24, 2.45) is 0 Å². The predicted molar refractivity (Wildman–Crippen MR) is 112 cm³/mol. The molecule has 0 unspecified atom stereocenters. The van der Waals surface area contributed by atoms with Gasteiger partial charge in [0.05, 0.1) is 23.3 Å². The molecule has 1 amide bonds. The Balaban J connectivity index is 1.48. The van der Waals surface area contributed by atoms with Crippen molar-refractivity contribution in [2.75, 3.05) is 5.32 Å². The molecule has 4 rings (SSSR count). The van der Waals surface area contributed by atoms with Crippen molar-refractivity contribution in [1.82, 2.24) is 34.7 Å². The standard InChI is InChI=1S/C20H17ClN8O/c1-12-20(15-7-17(21)26-11-25-15)13(2)29(28-12)10-19(30)27-18-4-3-14(8-24-18)16-9-22-5-6-23-16/h3-9,11H,10H2,1-2H3,(H,24,27,30). The van der Waals surface area contributed by atoms with Crippen molar-refractivity contribution in [3.63, 3.8) is 0 Å². The SMILES string of the molecule is Cc1nn(CC(=O)Nc2ccc(-c3cnccn3)cn2)c(C)c1-c1cc(Cl)ncn1. The number of carbonyl (C=O) groups is 1. The molecule has 150 valence electrons. The normalized spacial score (nSPS) is 10.8. The number of hydrogen-bond acceptors (Lipinski definition) is 7. The third-order valence-electron chi connectivity index (χ3n) is 4.45.